The fourth-order valence-electron chi connectivity index (χ4n) is 2.77. The molecule has 2 heterocycles. The Labute approximate surface area is 71.6 Å². The largest absolute Gasteiger partial charge is 0.370 e. The van der Waals surface area contributed by atoms with Crippen LogP contribution in [-0.2, 0) is 9.53 Å². The summed E-state index contributed by atoms with van der Waals surface area (Å²) in [6.07, 6.45) is 7.49. The number of rotatable bonds is 0. The average Bonchev–Trinajstić information content (AvgIpc) is 2.34. The van der Waals surface area contributed by atoms with Crippen LogP contribution in [0.25, 0.3) is 0 Å². The molecule has 0 radical (unpaired) electrons. The summed E-state index contributed by atoms with van der Waals surface area (Å²) in [6, 6.07) is 0. The van der Waals surface area contributed by atoms with E-state index < -0.39 is 0 Å². The van der Waals surface area contributed by atoms with Crippen molar-refractivity contribution in [1.29, 1.82) is 0 Å². The van der Waals surface area contributed by atoms with Gasteiger partial charge in [0.15, 0.2) is 0 Å². The molecule has 12 heavy (non-hydrogen) atoms. The topological polar surface area (TPSA) is 26.3 Å². The third-order valence-electron chi connectivity index (χ3n) is 3.37. The predicted molar refractivity (Wildman–Crippen MR) is 43.6 cm³/mol. The number of carbonyl (C=O) groups is 1. The smallest absolute Gasteiger partial charge is 0.139 e. The van der Waals surface area contributed by atoms with Gasteiger partial charge in [0.1, 0.15) is 5.78 Å². The Bertz CT molecular complexity index is 257. The van der Waals surface area contributed by atoms with Crippen molar-refractivity contribution in [3.05, 3.63) is 12.2 Å². The van der Waals surface area contributed by atoms with Crippen LogP contribution in [0.2, 0.25) is 0 Å². The molecule has 1 saturated heterocycles. The van der Waals surface area contributed by atoms with Gasteiger partial charge in [-0.1, -0.05) is 12.2 Å². The standard InChI is InChI=1S/C10H12O2/c11-9-5-6-1-2-8-7(9)3-4-10(8)12-6/h1-2,6-8,10H,3-5H2/t6-,7+,8+,10-/m1/s1. The van der Waals surface area contributed by atoms with Gasteiger partial charge in [0.25, 0.3) is 0 Å². The van der Waals surface area contributed by atoms with Gasteiger partial charge in [0.2, 0.25) is 0 Å². The maximum atomic E-state index is 11.6. The summed E-state index contributed by atoms with van der Waals surface area (Å²) < 4.78 is 5.76. The van der Waals surface area contributed by atoms with Crippen LogP contribution in [0.15, 0.2) is 12.2 Å². The molecule has 2 fully saturated rings. The Balaban J connectivity index is 2.05. The van der Waals surface area contributed by atoms with Crippen LogP contribution in [0.4, 0.5) is 0 Å². The molecule has 0 N–H and O–H groups in total. The van der Waals surface area contributed by atoms with E-state index in [4.69, 9.17) is 4.74 Å². The third kappa shape index (κ3) is 0.761. The number of ether oxygens (including phenoxy) is 1. The predicted octanol–water partition coefficient (Wildman–Crippen LogP) is 1.31. The van der Waals surface area contributed by atoms with E-state index in [9.17, 15) is 4.79 Å². The first-order valence-corrected chi connectivity index (χ1v) is 4.71. The minimum atomic E-state index is 0.101. The highest BCUT2D eigenvalue weighted by Gasteiger charge is 2.45. The molecule has 0 unspecified atom stereocenters. The summed E-state index contributed by atoms with van der Waals surface area (Å²) >= 11 is 0. The molecular formula is C10H12O2. The molecule has 4 bridgehead atoms. The lowest BCUT2D eigenvalue weighted by molar-refractivity contribution is -0.123. The molecule has 2 aliphatic heterocycles. The second-order valence-corrected chi connectivity index (χ2v) is 4.03. The number of ketones is 1. The van der Waals surface area contributed by atoms with Crippen LogP contribution in [0, 0.1) is 11.8 Å². The zero-order chi connectivity index (χ0) is 8.13. The van der Waals surface area contributed by atoms with Crippen molar-refractivity contribution in [1.82, 2.24) is 0 Å². The fourth-order valence-corrected chi connectivity index (χ4v) is 2.77. The van der Waals surface area contributed by atoms with Crippen LogP contribution >= 0.6 is 0 Å². The molecule has 0 aromatic rings. The molecule has 4 rings (SSSR count). The minimum absolute atomic E-state index is 0.101. The van der Waals surface area contributed by atoms with Gasteiger partial charge in [-0.05, 0) is 12.8 Å². The molecule has 0 spiro atoms. The number of carbonyl (C=O) groups excluding carboxylic acids is 1. The molecule has 0 amide bonds. The molecule has 2 aliphatic carbocycles. The van der Waals surface area contributed by atoms with Crippen molar-refractivity contribution in [2.24, 2.45) is 11.8 Å². The van der Waals surface area contributed by atoms with Gasteiger partial charge in [0, 0.05) is 18.3 Å². The fraction of sp³-hybridized carbons (Fsp3) is 0.700. The Morgan fingerprint density at radius 1 is 1.33 bits per heavy atom. The Hall–Kier alpha value is -0.630. The van der Waals surface area contributed by atoms with E-state index >= 15 is 0 Å². The van der Waals surface area contributed by atoms with Crippen molar-refractivity contribution >= 4 is 5.78 Å². The van der Waals surface area contributed by atoms with E-state index in [1.165, 1.54) is 0 Å². The van der Waals surface area contributed by atoms with Crippen LogP contribution in [0.5, 0.6) is 0 Å². The lowest BCUT2D eigenvalue weighted by atomic mass is 9.92. The minimum Gasteiger partial charge on any atom is -0.370 e. The molecular weight excluding hydrogens is 152 g/mol. The zero-order valence-corrected chi connectivity index (χ0v) is 6.90. The van der Waals surface area contributed by atoms with E-state index in [1.807, 2.05) is 0 Å². The number of Topliss-reactive ketones (excluding diaryl/α,β-unsaturated/α-hetero) is 1. The van der Waals surface area contributed by atoms with Crippen molar-refractivity contribution in [2.75, 3.05) is 0 Å². The highest BCUT2D eigenvalue weighted by Crippen LogP contribution is 2.43. The van der Waals surface area contributed by atoms with Crippen LogP contribution in [0.1, 0.15) is 19.3 Å². The van der Waals surface area contributed by atoms with Crippen molar-refractivity contribution in [2.45, 2.75) is 31.5 Å². The maximum Gasteiger partial charge on any atom is 0.139 e. The van der Waals surface area contributed by atoms with Gasteiger partial charge < -0.3 is 4.74 Å². The van der Waals surface area contributed by atoms with Gasteiger partial charge >= 0.3 is 0 Å². The van der Waals surface area contributed by atoms with Crippen molar-refractivity contribution < 1.29 is 9.53 Å². The van der Waals surface area contributed by atoms with Gasteiger partial charge in [-0.25, -0.2) is 0 Å². The highest BCUT2D eigenvalue weighted by molar-refractivity contribution is 5.83. The second kappa shape index (κ2) is 2.19. The van der Waals surface area contributed by atoms with Crippen LogP contribution in [0.3, 0.4) is 0 Å². The van der Waals surface area contributed by atoms with E-state index in [1.54, 1.807) is 0 Å². The Morgan fingerprint density at radius 3 is 3.17 bits per heavy atom. The molecule has 64 valence electrons. The summed E-state index contributed by atoms with van der Waals surface area (Å²) in [5, 5.41) is 0. The normalized spacial score (nSPS) is 49.8. The van der Waals surface area contributed by atoms with Crippen LogP contribution in [-0.4, -0.2) is 18.0 Å². The average molecular weight is 164 g/mol. The Morgan fingerprint density at radius 2 is 2.25 bits per heavy atom. The van der Waals surface area contributed by atoms with Gasteiger partial charge in [-0.2, -0.15) is 0 Å². The van der Waals surface area contributed by atoms with E-state index in [0.717, 1.165) is 12.8 Å². The van der Waals surface area contributed by atoms with Gasteiger partial charge in [-0.3, -0.25) is 4.79 Å². The van der Waals surface area contributed by atoms with Crippen molar-refractivity contribution in [3.63, 3.8) is 0 Å². The Kier molecular flexibility index (Phi) is 1.25. The van der Waals surface area contributed by atoms with Crippen LogP contribution < -0.4 is 0 Å². The number of hydrogen-bond donors (Lipinski definition) is 0. The SMILES string of the molecule is O=C1C[C@H]2C=C[C@H]3[C@@H]1CC[C@H]3O2. The summed E-state index contributed by atoms with van der Waals surface area (Å²) in [4.78, 5) is 11.6. The number of hydrogen-bond acceptors (Lipinski definition) is 2. The van der Waals surface area contributed by atoms with E-state index in [0.29, 0.717) is 30.1 Å². The summed E-state index contributed by atoms with van der Waals surface area (Å²) in [6.45, 7) is 0. The van der Waals surface area contributed by atoms with E-state index in [-0.39, 0.29) is 6.10 Å². The molecule has 0 aromatic carbocycles. The lowest BCUT2D eigenvalue weighted by Crippen LogP contribution is -2.25. The maximum absolute atomic E-state index is 11.6. The van der Waals surface area contributed by atoms with Gasteiger partial charge in [-0.15, -0.1) is 0 Å². The zero-order valence-electron chi connectivity index (χ0n) is 6.90. The summed E-state index contributed by atoms with van der Waals surface area (Å²) in [5.41, 5.74) is 0. The monoisotopic (exact) mass is 164 g/mol. The first kappa shape index (κ1) is 6.84. The number of fused-ring (bicyclic) bond motifs is 1. The van der Waals surface area contributed by atoms with Gasteiger partial charge in [0.05, 0.1) is 12.2 Å². The molecule has 2 heteroatoms. The third-order valence-corrected chi connectivity index (χ3v) is 3.37. The quantitative estimate of drug-likeness (QED) is 0.504. The molecule has 4 atom stereocenters. The lowest BCUT2D eigenvalue weighted by Gasteiger charge is -2.24. The molecule has 2 nitrogen and oxygen atoms in total. The molecule has 1 saturated carbocycles. The summed E-state index contributed by atoms with van der Waals surface area (Å²) in [5.74, 6) is 1.13. The second-order valence-electron chi connectivity index (χ2n) is 4.03. The summed E-state index contributed by atoms with van der Waals surface area (Å²) in [7, 11) is 0. The first-order chi connectivity index (χ1) is 5.84. The first-order valence-electron chi connectivity index (χ1n) is 4.71. The highest BCUT2D eigenvalue weighted by atomic mass is 16.5. The van der Waals surface area contributed by atoms with E-state index in [2.05, 4.69) is 12.2 Å². The molecule has 0 aromatic heterocycles. The van der Waals surface area contributed by atoms with Crippen molar-refractivity contribution in [3.8, 4) is 0 Å². The molecule has 4 aliphatic rings.